The van der Waals surface area contributed by atoms with Crippen molar-refractivity contribution in [2.24, 2.45) is 11.8 Å². The number of amides is 1. The molecule has 136 valence electrons. The van der Waals surface area contributed by atoms with Gasteiger partial charge >= 0.3 is 0 Å². The Hall–Kier alpha value is -1.85. The number of hydrogen-bond acceptors (Lipinski definition) is 4. The molecule has 0 aromatic heterocycles. The number of rotatable bonds is 7. The second-order valence-electron chi connectivity index (χ2n) is 7.26. The highest BCUT2D eigenvalue weighted by molar-refractivity contribution is 5.92. The molecule has 1 aromatic rings. The molecule has 1 fully saturated rings. The van der Waals surface area contributed by atoms with Crippen LogP contribution in [-0.2, 0) is 27.5 Å². The molecule has 0 bridgehead atoms. The molecule has 0 radical (unpaired) electrons. The Morgan fingerprint density at radius 2 is 1.96 bits per heavy atom. The SMILES string of the molecule is CC(C)[C@@H]1C=C(C(=O)NC2CC2)O[C@H](OCc2ccc(CO)cc2)C1. The smallest absolute Gasteiger partial charge is 0.286 e. The minimum Gasteiger partial charge on any atom is -0.459 e. The summed E-state index contributed by atoms with van der Waals surface area (Å²) in [5.74, 6) is 0.934. The molecule has 1 aromatic carbocycles. The van der Waals surface area contributed by atoms with Gasteiger partial charge in [0.15, 0.2) is 5.76 Å². The van der Waals surface area contributed by atoms with Gasteiger partial charge in [0.1, 0.15) is 0 Å². The molecule has 3 rings (SSSR count). The van der Waals surface area contributed by atoms with E-state index in [1.165, 1.54) is 0 Å². The average Bonchev–Trinajstić information content (AvgIpc) is 3.44. The molecule has 0 saturated heterocycles. The van der Waals surface area contributed by atoms with Crippen LogP contribution < -0.4 is 5.32 Å². The van der Waals surface area contributed by atoms with Crippen LogP contribution in [0.2, 0.25) is 0 Å². The van der Waals surface area contributed by atoms with E-state index in [4.69, 9.17) is 14.6 Å². The van der Waals surface area contributed by atoms with E-state index >= 15 is 0 Å². The Bertz CT molecular complexity index is 619. The summed E-state index contributed by atoms with van der Waals surface area (Å²) in [6, 6.07) is 7.94. The standard InChI is InChI=1S/C20H27NO4/c1-13(2)16-9-18(20(23)21-17-7-8-17)25-19(10-16)24-12-15-5-3-14(11-22)4-6-15/h3-6,9,13,16-17,19,22H,7-8,10-12H2,1-2H3,(H,21,23)/t16-,19+/m1/s1. The lowest BCUT2D eigenvalue weighted by molar-refractivity contribution is -0.155. The molecule has 5 nitrogen and oxygen atoms in total. The molecule has 25 heavy (non-hydrogen) atoms. The number of hydrogen-bond donors (Lipinski definition) is 2. The summed E-state index contributed by atoms with van der Waals surface area (Å²) < 4.78 is 11.7. The first-order valence-corrected chi connectivity index (χ1v) is 9.04. The lowest BCUT2D eigenvalue weighted by Crippen LogP contribution is -2.35. The summed E-state index contributed by atoms with van der Waals surface area (Å²) in [4.78, 5) is 12.3. The number of aliphatic hydroxyl groups is 1. The fraction of sp³-hybridized carbons (Fsp3) is 0.550. The summed E-state index contributed by atoms with van der Waals surface area (Å²) >= 11 is 0. The van der Waals surface area contributed by atoms with Crippen LogP contribution in [-0.4, -0.2) is 23.3 Å². The molecule has 2 N–H and O–H groups in total. The van der Waals surface area contributed by atoms with Crippen molar-refractivity contribution >= 4 is 5.91 Å². The predicted molar refractivity (Wildman–Crippen MR) is 94.2 cm³/mol. The van der Waals surface area contributed by atoms with Crippen LogP contribution in [0.25, 0.3) is 0 Å². The molecule has 5 heteroatoms. The lowest BCUT2D eigenvalue weighted by Gasteiger charge is -2.31. The Balaban J connectivity index is 1.60. The van der Waals surface area contributed by atoms with Crippen molar-refractivity contribution in [3.05, 3.63) is 47.2 Å². The minimum absolute atomic E-state index is 0.0349. The Morgan fingerprint density at radius 1 is 1.28 bits per heavy atom. The molecular weight excluding hydrogens is 318 g/mol. The van der Waals surface area contributed by atoms with E-state index < -0.39 is 6.29 Å². The van der Waals surface area contributed by atoms with Gasteiger partial charge in [-0.15, -0.1) is 0 Å². The summed E-state index contributed by atoms with van der Waals surface area (Å²) in [5.41, 5.74) is 1.89. The molecule has 1 amide bonds. The van der Waals surface area contributed by atoms with Crippen molar-refractivity contribution in [1.82, 2.24) is 5.32 Å². The molecule has 2 aliphatic rings. The predicted octanol–water partition coefficient (Wildman–Crippen LogP) is 2.88. The Kier molecular flexibility index (Phi) is 5.76. The van der Waals surface area contributed by atoms with Crippen LogP contribution in [0.5, 0.6) is 0 Å². The van der Waals surface area contributed by atoms with Gasteiger partial charge in [0, 0.05) is 12.5 Å². The monoisotopic (exact) mass is 345 g/mol. The summed E-state index contributed by atoms with van der Waals surface area (Å²) in [7, 11) is 0. The molecule has 0 unspecified atom stereocenters. The first kappa shape index (κ1) is 18.0. The average molecular weight is 345 g/mol. The molecule has 1 saturated carbocycles. The highest BCUT2D eigenvalue weighted by Crippen LogP contribution is 2.30. The minimum atomic E-state index is -0.421. The third-order valence-corrected chi connectivity index (χ3v) is 4.72. The van der Waals surface area contributed by atoms with Gasteiger partial charge in [-0.05, 0) is 41.9 Å². The van der Waals surface area contributed by atoms with E-state index in [0.29, 0.717) is 24.3 Å². The maximum absolute atomic E-state index is 12.3. The third-order valence-electron chi connectivity index (χ3n) is 4.72. The largest absolute Gasteiger partial charge is 0.459 e. The highest BCUT2D eigenvalue weighted by Gasteiger charge is 2.32. The van der Waals surface area contributed by atoms with Crippen molar-refractivity contribution in [2.75, 3.05) is 0 Å². The Morgan fingerprint density at radius 3 is 2.56 bits per heavy atom. The zero-order valence-corrected chi connectivity index (χ0v) is 14.9. The molecule has 1 aliphatic carbocycles. The Labute approximate surface area is 149 Å². The van der Waals surface area contributed by atoms with Crippen LogP contribution in [0.4, 0.5) is 0 Å². The van der Waals surface area contributed by atoms with Crippen LogP contribution in [0.3, 0.4) is 0 Å². The number of ether oxygens (including phenoxy) is 2. The van der Waals surface area contributed by atoms with Crippen LogP contribution >= 0.6 is 0 Å². The third kappa shape index (κ3) is 5.06. The summed E-state index contributed by atoms with van der Waals surface area (Å²) in [6.45, 7) is 4.74. The number of nitrogens with one attached hydrogen (secondary N) is 1. The van der Waals surface area contributed by atoms with Gasteiger partial charge in [0.2, 0.25) is 6.29 Å². The lowest BCUT2D eigenvalue weighted by atomic mass is 9.90. The fourth-order valence-corrected chi connectivity index (χ4v) is 2.82. The molecule has 1 heterocycles. The van der Waals surface area contributed by atoms with Crippen molar-refractivity contribution in [3.63, 3.8) is 0 Å². The maximum Gasteiger partial charge on any atom is 0.286 e. The first-order chi connectivity index (χ1) is 12.0. The van der Waals surface area contributed by atoms with Crippen LogP contribution in [0.1, 0.15) is 44.2 Å². The van der Waals surface area contributed by atoms with Gasteiger partial charge < -0.3 is 19.9 Å². The van der Waals surface area contributed by atoms with E-state index in [9.17, 15) is 4.79 Å². The molecule has 1 aliphatic heterocycles. The van der Waals surface area contributed by atoms with Crippen molar-refractivity contribution in [3.8, 4) is 0 Å². The molecule has 2 atom stereocenters. The number of carbonyl (C=O) groups excluding carboxylic acids is 1. The van der Waals surface area contributed by atoms with Crippen LogP contribution in [0, 0.1) is 11.8 Å². The zero-order chi connectivity index (χ0) is 17.8. The van der Waals surface area contributed by atoms with Crippen molar-refractivity contribution in [1.29, 1.82) is 0 Å². The van der Waals surface area contributed by atoms with E-state index in [1.807, 2.05) is 30.3 Å². The second kappa shape index (κ2) is 8.02. The van der Waals surface area contributed by atoms with Crippen molar-refractivity contribution in [2.45, 2.75) is 58.7 Å². The van der Waals surface area contributed by atoms with Crippen LogP contribution in [0.15, 0.2) is 36.1 Å². The topological polar surface area (TPSA) is 67.8 Å². The van der Waals surface area contributed by atoms with E-state index in [-0.39, 0.29) is 18.4 Å². The highest BCUT2D eigenvalue weighted by atomic mass is 16.7. The number of benzene rings is 1. The maximum atomic E-state index is 12.3. The molecule has 0 spiro atoms. The van der Waals surface area contributed by atoms with Gasteiger partial charge in [-0.2, -0.15) is 0 Å². The quantitative estimate of drug-likeness (QED) is 0.797. The van der Waals surface area contributed by atoms with E-state index in [0.717, 1.165) is 30.4 Å². The van der Waals surface area contributed by atoms with Gasteiger partial charge in [-0.25, -0.2) is 0 Å². The molecular formula is C20H27NO4. The fourth-order valence-electron chi connectivity index (χ4n) is 2.82. The van der Waals surface area contributed by atoms with Gasteiger partial charge in [0.05, 0.1) is 13.2 Å². The first-order valence-electron chi connectivity index (χ1n) is 9.04. The summed E-state index contributed by atoms with van der Waals surface area (Å²) in [5, 5.41) is 12.1. The van der Waals surface area contributed by atoms with Gasteiger partial charge in [-0.3, -0.25) is 4.79 Å². The number of aliphatic hydroxyl groups excluding tert-OH is 1. The summed E-state index contributed by atoms with van der Waals surface area (Å²) in [6.07, 6.45) is 4.37. The normalized spacial score (nSPS) is 23.1. The zero-order valence-electron chi connectivity index (χ0n) is 14.9. The number of carbonyl (C=O) groups is 1. The van der Waals surface area contributed by atoms with E-state index in [1.54, 1.807) is 0 Å². The van der Waals surface area contributed by atoms with Gasteiger partial charge in [-0.1, -0.05) is 38.1 Å². The van der Waals surface area contributed by atoms with Crippen molar-refractivity contribution < 1.29 is 19.4 Å². The van der Waals surface area contributed by atoms with E-state index in [2.05, 4.69) is 19.2 Å². The second-order valence-corrected chi connectivity index (χ2v) is 7.26. The number of allylic oxidation sites excluding steroid dienone is 1. The van der Waals surface area contributed by atoms with Gasteiger partial charge in [0.25, 0.3) is 5.91 Å².